The molecule has 0 bridgehead atoms. The van der Waals surface area contributed by atoms with Gasteiger partial charge in [0.25, 0.3) is 0 Å². The molecule has 1 fully saturated rings. The number of nitrogens with two attached hydrogens (primary N) is 1. The Morgan fingerprint density at radius 3 is 2.55 bits per heavy atom. The third-order valence-electron chi connectivity index (χ3n) is 4.28. The first-order valence-corrected chi connectivity index (χ1v) is 7.54. The lowest BCUT2D eigenvalue weighted by molar-refractivity contribution is 0.161. The van der Waals surface area contributed by atoms with Crippen molar-refractivity contribution < 1.29 is 0 Å². The number of aromatic nitrogens is 4. The minimum atomic E-state index is 0. The van der Waals surface area contributed by atoms with Crippen LogP contribution in [0.2, 0.25) is 0 Å². The average molecular weight is 323 g/mol. The zero-order valence-electron chi connectivity index (χ0n) is 12.8. The van der Waals surface area contributed by atoms with Crippen molar-refractivity contribution in [2.24, 2.45) is 11.7 Å². The highest BCUT2D eigenvalue weighted by molar-refractivity contribution is 5.85. The number of benzene rings is 1. The molecular weight excluding hydrogens is 300 g/mol. The lowest BCUT2D eigenvalue weighted by atomic mass is 9.91. The van der Waals surface area contributed by atoms with Gasteiger partial charge in [0, 0.05) is 6.04 Å². The zero-order valence-corrected chi connectivity index (χ0v) is 13.6. The van der Waals surface area contributed by atoms with Crippen LogP contribution in [0.15, 0.2) is 30.3 Å². The summed E-state index contributed by atoms with van der Waals surface area (Å²) >= 11 is 0. The van der Waals surface area contributed by atoms with Gasteiger partial charge in [-0.3, -0.25) is 4.90 Å². The molecule has 0 saturated carbocycles. The number of hydrogen-bond acceptors (Lipinski definition) is 5. The number of para-hydroxylation sites is 1. The Morgan fingerprint density at radius 1 is 1.23 bits per heavy atom. The van der Waals surface area contributed by atoms with Gasteiger partial charge in [-0.1, -0.05) is 18.2 Å². The molecule has 1 aromatic heterocycles. The normalized spacial score (nSPS) is 17.9. The van der Waals surface area contributed by atoms with Crippen molar-refractivity contribution in [1.82, 2.24) is 25.1 Å². The van der Waals surface area contributed by atoms with Crippen LogP contribution in [0, 0.1) is 5.92 Å². The zero-order chi connectivity index (χ0) is 14.7. The summed E-state index contributed by atoms with van der Waals surface area (Å²) in [6.45, 7) is 5.02. The fourth-order valence-corrected chi connectivity index (χ4v) is 2.91. The molecule has 0 aliphatic carbocycles. The standard InChI is InChI=1S/C15H22N6.ClH/c1-12(16)13-7-9-20(10-8-13)11-15-17-18-19-21(15)14-5-3-2-4-6-14;/h2-6,12-13H,7-11,16H2,1H3;1H. The molecule has 22 heavy (non-hydrogen) atoms. The largest absolute Gasteiger partial charge is 0.328 e. The fraction of sp³-hybridized carbons (Fsp3) is 0.533. The molecule has 1 aromatic carbocycles. The van der Waals surface area contributed by atoms with Crippen molar-refractivity contribution in [2.75, 3.05) is 13.1 Å². The van der Waals surface area contributed by atoms with Crippen molar-refractivity contribution in [3.63, 3.8) is 0 Å². The molecule has 2 N–H and O–H groups in total. The summed E-state index contributed by atoms with van der Waals surface area (Å²) in [5.74, 6) is 1.53. The van der Waals surface area contributed by atoms with Crippen molar-refractivity contribution in [3.05, 3.63) is 36.2 Å². The predicted octanol–water partition coefficient (Wildman–Crippen LogP) is 1.64. The SMILES string of the molecule is CC(N)C1CCN(Cc2nnnn2-c2ccccc2)CC1.Cl. The van der Waals surface area contributed by atoms with Gasteiger partial charge in [0.15, 0.2) is 5.82 Å². The molecule has 1 unspecified atom stereocenters. The quantitative estimate of drug-likeness (QED) is 0.926. The van der Waals surface area contributed by atoms with Gasteiger partial charge < -0.3 is 5.73 Å². The van der Waals surface area contributed by atoms with Gasteiger partial charge >= 0.3 is 0 Å². The van der Waals surface area contributed by atoms with Crippen LogP contribution in [0.5, 0.6) is 0 Å². The molecule has 2 heterocycles. The smallest absolute Gasteiger partial charge is 0.170 e. The van der Waals surface area contributed by atoms with Gasteiger partial charge in [-0.15, -0.1) is 17.5 Å². The molecule has 1 aliphatic rings. The predicted molar refractivity (Wildman–Crippen MR) is 88.1 cm³/mol. The van der Waals surface area contributed by atoms with E-state index in [-0.39, 0.29) is 12.4 Å². The Hall–Kier alpha value is -1.50. The number of hydrogen-bond donors (Lipinski definition) is 1. The van der Waals surface area contributed by atoms with Crippen LogP contribution >= 0.6 is 12.4 Å². The Bertz CT molecular complexity index is 562. The van der Waals surface area contributed by atoms with E-state index in [9.17, 15) is 0 Å². The second-order valence-corrected chi connectivity index (χ2v) is 5.82. The maximum atomic E-state index is 5.99. The van der Waals surface area contributed by atoms with Crippen LogP contribution in [0.25, 0.3) is 5.69 Å². The van der Waals surface area contributed by atoms with Gasteiger partial charge in [0.2, 0.25) is 0 Å². The third kappa shape index (κ3) is 3.82. The number of rotatable bonds is 4. The summed E-state index contributed by atoms with van der Waals surface area (Å²) in [5.41, 5.74) is 7.00. The Labute approximate surface area is 137 Å². The van der Waals surface area contributed by atoms with Crippen molar-refractivity contribution >= 4 is 12.4 Å². The maximum Gasteiger partial charge on any atom is 0.170 e. The van der Waals surface area contributed by atoms with Crippen LogP contribution < -0.4 is 5.73 Å². The molecule has 2 aromatic rings. The minimum absolute atomic E-state index is 0. The van der Waals surface area contributed by atoms with Gasteiger partial charge in [0.05, 0.1) is 12.2 Å². The summed E-state index contributed by atoms with van der Waals surface area (Å²) in [7, 11) is 0. The topological polar surface area (TPSA) is 72.9 Å². The first-order chi connectivity index (χ1) is 10.2. The van der Waals surface area contributed by atoms with Gasteiger partial charge in [-0.2, -0.15) is 4.68 Å². The first kappa shape index (κ1) is 16.9. The highest BCUT2D eigenvalue weighted by atomic mass is 35.5. The summed E-state index contributed by atoms with van der Waals surface area (Å²) < 4.78 is 1.82. The summed E-state index contributed by atoms with van der Waals surface area (Å²) in [6, 6.07) is 10.3. The van der Waals surface area contributed by atoms with Crippen LogP contribution in [0.4, 0.5) is 0 Å². The molecule has 0 spiro atoms. The van der Waals surface area contributed by atoms with E-state index < -0.39 is 0 Å². The Kier molecular flexibility index (Phi) is 5.88. The van der Waals surface area contributed by atoms with E-state index in [0.29, 0.717) is 12.0 Å². The highest BCUT2D eigenvalue weighted by Crippen LogP contribution is 2.21. The van der Waals surface area contributed by atoms with Crippen LogP contribution in [0.1, 0.15) is 25.6 Å². The number of halogens is 1. The van der Waals surface area contributed by atoms with E-state index >= 15 is 0 Å². The molecule has 1 aliphatic heterocycles. The monoisotopic (exact) mass is 322 g/mol. The minimum Gasteiger partial charge on any atom is -0.328 e. The van der Waals surface area contributed by atoms with E-state index in [2.05, 4.69) is 27.3 Å². The Balaban J connectivity index is 0.00000176. The van der Waals surface area contributed by atoms with Crippen LogP contribution in [-0.2, 0) is 6.54 Å². The van der Waals surface area contributed by atoms with Crippen LogP contribution in [0.3, 0.4) is 0 Å². The van der Waals surface area contributed by atoms with E-state index in [1.54, 1.807) is 0 Å². The van der Waals surface area contributed by atoms with Gasteiger partial charge in [0.1, 0.15) is 0 Å². The number of nitrogens with zero attached hydrogens (tertiary/aromatic N) is 5. The molecule has 6 nitrogen and oxygen atoms in total. The molecule has 0 radical (unpaired) electrons. The number of piperidine rings is 1. The van der Waals surface area contributed by atoms with E-state index in [0.717, 1.165) is 44.0 Å². The first-order valence-electron chi connectivity index (χ1n) is 7.54. The Morgan fingerprint density at radius 2 is 1.91 bits per heavy atom. The maximum absolute atomic E-state index is 5.99. The van der Waals surface area contributed by atoms with E-state index in [1.807, 2.05) is 35.0 Å². The summed E-state index contributed by atoms with van der Waals surface area (Å²) in [5, 5.41) is 12.1. The lowest BCUT2D eigenvalue weighted by Crippen LogP contribution is -2.39. The molecule has 3 rings (SSSR count). The molecule has 1 atom stereocenters. The van der Waals surface area contributed by atoms with Crippen molar-refractivity contribution in [3.8, 4) is 5.69 Å². The van der Waals surface area contributed by atoms with E-state index in [1.165, 1.54) is 0 Å². The average Bonchev–Trinajstić information content (AvgIpc) is 2.97. The van der Waals surface area contributed by atoms with Gasteiger partial charge in [-0.05, 0) is 61.3 Å². The van der Waals surface area contributed by atoms with Crippen molar-refractivity contribution in [1.29, 1.82) is 0 Å². The molecule has 120 valence electrons. The molecular formula is C15H23ClN6. The van der Waals surface area contributed by atoms with E-state index in [4.69, 9.17) is 5.73 Å². The molecule has 1 saturated heterocycles. The second-order valence-electron chi connectivity index (χ2n) is 5.82. The lowest BCUT2D eigenvalue weighted by Gasteiger charge is -2.33. The van der Waals surface area contributed by atoms with Crippen molar-refractivity contribution in [2.45, 2.75) is 32.4 Å². The molecule has 7 heteroatoms. The second kappa shape index (κ2) is 7.67. The van der Waals surface area contributed by atoms with Crippen LogP contribution in [-0.4, -0.2) is 44.2 Å². The number of tetrazole rings is 1. The summed E-state index contributed by atoms with van der Waals surface area (Å²) in [4.78, 5) is 2.41. The third-order valence-corrected chi connectivity index (χ3v) is 4.28. The molecule has 0 amide bonds. The summed E-state index contributed by atoms with van der Waals surface area (Å²) in [6.07, 6.45) is 2.31. The fourth-order valence-electron chi connectivity index (χ4n) is 2.91. The number of likely N-dealkylation sites (tertiary alicyclic amines) is 1. The highest BCUT2D eigenvalue weighted by Gasteiger charge is 2.23. The van der Waals surface area contributed by atoms with Gasteiger partial charge in [-0.25, -0.2) is 0 Å².